The van der Waals surface area contributed by atoms with E-state index in [1.165, 1.54) is 0 Å². The fraction of sp³-hybridized carbons (Fsp3) is 0.778. The first-order chi connectivity index (χ1) is 6.58. The van der Waals surface area contributed by atoms with E-state index in [1.807, 2.05) is 0 Å². The molecule has 0 aromatic heterocycles. The van der Waals surface area contributed by atoms with E-state index in [1.54, 1.807) is 0 Å². The number of halogens is 3. The number of fused-ring (bicyclic) bond motifs is 2. The van der Waals surface area contributed by atoms with Gasteiger partial charge in [-0.15, -0.1) is 11.6 Å². The Bertz CT molecular complexity index is 332. The Morgan fingerprint density at radius 3 is 2.21 bits per heavy atom. The number of rotatable bonds is 0. The summed E-state index contributed by atoms with van der Waals surface area (Å²) in [6.45, 7) is 0. The van der Waals surface area contributed by atoms with E-state index in [2.05, 4.69) is 44.0 Å². The molecule has 2 fully saturated rings. The summed E-state index contributed by atoms with van der Waals surface area (Å²) in [6, 6.07) is 4.23. The van der Waals surface area contributed by atoms with Crippen LogP contribution in [0.3, 0.4) is 0 Å². The molecule has 14 heavy (non-hydrogen) atoms. The highest BCUT2D eigenvalue weighted by molar-refractivity contribution is 9.12. The summed E-state index contributed by atoms with van der Waals surface area (Å²) >= 11 is 13.3. The summed E-state index contributed by atoms with van der Waals surface area (Å²) in [5.74, 6) is 0.278. The quantitative estimate of drug-likeness (QED) is 0.638. The summed E-state index contributed by atoms with van der Waals surface area (Å²) in [7, 11) is 0. The average Bonchev–Trinajstić information content (AvgIpc) is 2.64. The van der Waals surface area contributed by atoms with Gasteiger partial charge in [0.2, 0.25) is 0 Å². The minimum absolute atomic E-state index is 0.0503. The highest BCUT2D eigenvalue weighted by atomic mass is 79.9. The van der Waals surface area contributed by atoms with Crippen LogP contribution < -0.4 is 0 Å². The zero-order chi connectivity index (χ0) is 10.5. The highest BCUT2D eigenvalue weighted by Crippen LogP contribution is 2.61. The van der Waals surface area contributed by atoms with E-state index in [9.17, 15) is 0 Å². The van der Waals surface area contributed by atoms with Crippen molar-refractivity contribution in [2.45, 2.75) is 21.5 Å². The molecule has 2 aliphatic carbocycles. The van der Waals surface area contributed by atoms with Crippen molar-refractivity contribution in [3.8, 4) is 12.1 Å². The summed E-state index contributed by atoms with van der Waals surface area (Å²) in [6.07, 6.45) is 0.862. The fourth-order valence-corrected chi connectivity index (χ4v) is 5.19. The normalized spacial score (nSPS) is 48.5. The topological polar surface area (TPSA) is 47.6 Å². The summed E-state index contributed by atoms with van der Waals surface area (Å²) in [4.78, 5) is 0.464. The van der Waals surface area contributed by atoms with E-state index < -0.39 is 5.41 Å². The second-order valence-corrected chi connectivity index (χ2v) is 6.47. The van der Waals surface area contributed by atoms with Gasteiger partial charge >= 0.3 is 0 Å². The number of hydrogen-bond acceptors (Lipinski definition) is 2. The van der Waals surface area contributed by atoms with Gasteiger partial charge in [-0.3, -0.25) is 0 Å². The molecule has 2 nitrogen and oxygen atoms in total. The van der Waals surface area contributed by atoms with E-state index in [-0.39, 0.29) is 26.9 Å². The molecule has 2 rings (SSSR count). The van der Waals surface area contributed by atoms with Crippen molar-refractivity contribution in [3.05, 3.63) is 0 Å². The lowest BCUT2D eigenvalue weighted by atomic mass is 9.75. The summed E-state index contributed by atoms with van der Waals surface area (Å²) in [5.41, 5.74) is -0.995. The van der Waals surface area contributed by atoms with Crippen molar-refractivity contribution >= 4 is 43.5 Å². The van der Waals surface area contributed by atoms with Crippen LogP contribution in [0.2, 0.25) is 0 Å². The minimum Gasteiger partial charge on any atom is -0.196 e. The van der Waals surface area contributed by atoms with Gasteiger partial charge in [-0.2, -0.15) is 10.5 Å². The summed E-state index contributed by atoms with van der Waals surface area (Å²) in [5, 5.41) is 17.9. The molecule has 74 valence electrons. The largest absolute Gasteiger partial charge is 0.196 e. The third-order valence-corrected chi connectivity index (χ3v) is 7.22. The van der Waals surface area contributed by atoms with Crippen molar-refractivity contribution in [2.24, 2.45) is 17.3 Å². The molecule has 0 saturated heterocycles. The maximum atomic E-state index is 9.12. The van der Waals surface area contributed by atoms with Crippen LogP contribution in [0.5, 0.6) is 0 Å². The van der Waals surface area contributed by atoms with E-state index in [0.29, 0.717) is 0 Å². The standard InChI is InChI=1S/C9H7Br2ClN2/c10-6-4-1-5(7(6)11)9(2-13,3-14)8(4)12/h4-8H,1H2. The van der Waals surface area contributed by atoms with Gasteiger partial charge in [0, 0.05) is 15.6 Å². The van der Waals surface area contributed by atoms with Crippen LogP contribution >= 0.6 is 43.5 Å². The molecule has 0 aromatic carbocycles. The number of hydrogen-bond donors (Lipinski definition) is 0. The Morgan fingerprint density at radius 1 is 1.21 bits per heavy atom. The van der Waals surface area contributed by atoms with Crippen molar-refractivity contribution in [1.82, 2.24) is 0 Å². The fourth-order valence-electron chi connectivity index (χ4n) is 2.59. The molecule has 5 heteroatoms. The van der Waals surface area contributed by atoms with E-state index in [0.717, 1.165) is 6.42 Å². The molecule has 2 saturated carbocycles. The predicted molar refractivity (Wildman–Crippen MR) is 60.3 cm³/mol. The molecule has 0 N–H and O–H groups in total. The Hall–Kier alpha value is 0.230. The van der Waals surface area contributed by atoms with Crippen LogP contribution in [0, 0.1) is 39.9 Å². The summed E-state index contributed by atoms with van der Waals surface area (Å²) < 4.78 is 0. The second-order valence-electron chi connectivity index (χ2n) is 3.89. The lowest BCUT2D eigenvalue weighted by Gasteiger charge is -2.34. The molecule has 0 radical (unpaired) electrons. The number of alkyl halides is 3. The lowest BCUT2D eigenvalue weighted by Crippen LogP contribution is -2.44. The SMILES string of the molecule is N#CC1(C#N)C(Cl)C2CC1C(Br)C2Br. The average molecular weight is 338 g/mol. The number of nitrogens with zero attached hydrogens (tertiary/aromatic N) is 2. The smallest absolute Gasteiger partial charge is 0.164 e. The predicted octanol–water partition coefficient (Wildman–Crippen LogP) is 2.80. The molecule has 5 atom stereocenters. The van der Waals surface area contributed by atoms with Gasteiger partial charge in [-0.25, -0.2) is 0 Å². The highest BCUT2D eigenvalue weighted by Gasteiger charge is 2.65. The molecule has 5 unspecified atom stereocenters. The first-order valence-corrected chi connectivity index (χ1v) is 6.60. The molecule has 0 aliphatic heterocycles. The molecule has 0 amide bonds. The molecular formula is C9H7Br2ClN2. The third-order valence-electron chi connectivity index (χ3n) is 3.39. The van der Waals surface area contributed by atoms with Gasteiger partial charge in [0.05, 0.1) is 17.5 Å². The number of nitriles is 2. The maximum absolute atomic E-state index is 9.12. The van der Waals surface area contributed by atoms with Crippen molar-refractivity contribution in [1.29, 1.82) is 10.5 Å². The Morgan fingerprint density at radius 2 is 1.79 bits per heavy atom. The van der Waals surface area contributed by atoms with Crippen LogP contribution in [0.4, 0.5) is 0 Å². The second kappa shape index (κ2) is 3.37. The lowest BCUT2D eigenvalue weighted by molar-refractivity contribution is 0.345. The van der Waals surface area contributed by atoms with Crippen LogP contribution in [0.1, 0.15) is 6.42 Å². The van der Waals surface area contributed by atoms with Crippen LogP contribution in [-0.4, -0.2) is 15.0 Å². The zero-order valence-electron chi connectivity index (χ0n) is 7.12. The van der Waals surface area contributed by atoms with Crippen LogP contribution in [-0.2, 0) is 0 Å². The van der Waals surface area contributed by atoms with Gasteiger partial charge in [0.15, 0.2) is 5.41 Å². The Balaban J connectivity index is 2.44. The minimum atomic E-state index is -0.995. The van der Waals surface area contributed by atoms with Gasteiger partial charge in [0.25, 0.3) is 0 Å². The van der Waals surface area contributed by atoms with Crippen molar-refractivity contribution < 1.29 is 0 Å². The molecule has 2 bridgehead atoms. The first kappa shape index (κ1) is 10.7. The zero-order valence-corrected chi connectivity index (χ0v) is 11.1. The van der Waals surface area contributed by atoms with Gasteiger partial charge in [-0.1, -0.05) is 31.9 Å². The van der Waals surface area contributed by atoms with Crippen LogP contribution in [0.25, 0.3) is 0 Å². The van der Waals surface area contributed by atoms with E-state index in [4.69, 9.17) is 22.1 Å². The Labute approximate surface area is 104 Å². The molecule has 0 heterocycles. The molecule has 0 spiro atoms. The molecule has 2 aliphatic rings. The van der Waals surface area contributed by atoms with E-state index >= 15 is 0 Å². The van der Waals surface area contributed by atoms with Crippen molar-refractivity contribution in [3.63, 3.8) is 0 Å². The van der Waals surface area contributed by atoms with Crippen LogP contribution in [0.15, 0.2) is 0 Å². The molecule has 0 aromatic rings. The van der Waals surface area contributed by atoms with Gasteiger partial charge in [0.1, 0.15) is 0 Å². The maximum Gasteiger partial charge on any atom is 0.164 e. The molecular weight excluding hydrogens is 331 g/mol. The Kier molecular flexibility index (Phi) is 2.59. The van der Waals surface area contributed by atoms with Gasteiger partial charge in [-0.05, 0) is 12.3 Å². The van der Waals surface area contributed by atoms with Crippen molar-refractivity contribution in [2.75, 3.05) is 0 Å². The monoisotopic (exact) mass is 336 g/mol. The van der Waals surface area contributed by atoms with Gasteiger partial charge < -0.3 is 0 Å². The first-order valence-electron chi connectivity index (χ1n) is 4.33. The third kappa shape index (κ3) is 1.06.